The van der Waals surface area contributed by atoms with Gasteiger partial charge in [-0.2, -0.15) is 0 Å². The summed E-state index contributed by atoms with van der Waals surface area (Å²) in [6.45, 7) is 5.29. The van der Waals surface area contributed by atoms with E-state index < -0.39 is 0 Å². The predicted molar refractivity (Wildman–Crippen MR) is 77.1 cm³/mol. The molecule has 0 bridgehead atoms. The number of aryl methyl sites for hydroxylation is 3. The van der Waals surface area contributed by atoms with Crippen LogP contribution < -0.4 is 5.32 Å². The first-order chi connectivity index (χ1) is 8.70. The van der Waals surface area contributed by atoms with Crippen molar-refractivity contribution in [2.75, 3.05) is 13.6 Å². The zero-order chi connectivity index (χ0) is 13.0. The quantitative estimate of drug-likeness (QED) is 0.841. The Hall–Kier alpha value is -1.26. The molecule has 1 heterocycles. The second-order valence-corrected chi connectivity index (χ2v) is 5.57. The Morgan fingerprint density at radius 1 is 1.17 bits per heavy atom. The minimum atomic E-state index is 1.00. The van der Waals surface area contributed by atoms with Crippen LogP contribution in [0.2, 0.25) is 0 Å². The van der Waals surface area contributed by atoms with E-state index in [2.05, 4.69) is 47.6 Å². The third-order valence-corrected chi connectivity index (χ3v) is 4.07. The van der Waals surface area contributed by atoms with E-state index >= 15 is 0 Å². The Balaban J connectivity index is 2.11. The third-order valence-electron chi connectivity index (χ3n) is 3.04. The van der Waals surface area contributed by atoms with Gasteiger partial charge in [0.05, 0.1) is 0 Å². The van der Waals surface area contributed by atoms with Crippen LogP contribution in [0.5, 0.6) is 0 Å². The summed E-state index contributed by atoms with van der Waals surface area (Å²) in [6.07, 6.45) is 2.11. The number of hydrogen-bond donors (Lipinski definition) is 1. The average Bonchev–Trinajstić information content (AvgIpc) is 2.82. The van der Waals surface area contributed by atoms with E-state index in [0.717, 1.165) is 29.4 Å². The number of nitrogens with one attached hydrogen (secondary N) is 1. The summed E-state index contributed by atoms with van der Waals surface area (Å²) < 4.78 is 0. The molecule has 96 valence electrons. The van der Waals surface area contributed by atoms with Crippen LogP contribution in [0.15, 0.2) is 18.2 Å². The fraction of sp³-hybridized carbons (Fsp3) is 0.429. The van der Waals surface area contributed by atoms with Gasteiger partial charge < -0.3 is 5.32 Å². The van der Waals surface area contributed by atoms with Crippen molar-refractivity contribution >= 4 is 11.3 Å². The van der Waals surface area contributed by atoms with Gasteiger partial charge in [0.25, 0.3) is 0 Å². The van der Waals surface area contributed by atoms with Crippen molar-refractivity contribution in [3.63, 3.8) is 0 Å². The molecule has 18 heavy (non-hydrogen) atoms. The molecule has 1 N–H and O–H groups in total. The lowest BCUT2D eigenvalue weighted by Crippen LogP contribution is -2.08. The molecular weight excluding hydrogens is 242 g/mol. The van der Waals surface area contributed by atoms with Gasteiger partial charge in [0.2, 0.25) is 0 Å². The first-order valence-electron chi connectivity index (χ1n) is 6.25. The van der Waals surface area contributed by atoms with Crippen molar-refractivity contribution < 1.29 is 0 Å². The Labute approximate surface area is 112 Å². The van der Waals surface area contributed by atoms with E-state index in [-0.39, 0.29) is 0 Å². The van der Waals surface area contributed by atoms with Gasteiger partial charge in [0.15, 0.2) is 0 Å². The molecule has 0 atom stereocenters. The van der Waals surface area contributed by atoms with Crippen molar-refractivity contribution in [2.45, 2.75) is 26.7 Å². The Kier molecular flexibility index (Phi) is 4.44. The highest BCUT2D eigenvalue weighted by atomic mass is 32.1. The van der Waals surface area contributed by atoms with Crippen molar-refractivity contribution in [3.8, 4) is 10.6 Å². The molecule has 0 spiro atoms. The number of hydrogen-bond acceptors (Lipinski definition) is 4. The van der Waals surface area contributed by atoms with Gasteiger partial charge in [-0.1, -0.05) is 23.5 Å². The van der Waals surface area contributed by atoms with Crippen molar-refractivity contribution in [2.24, 2.45) is 0 Å². The summed E-state index contributed by atoms with van der Waals surface area (Å²) in [6, 6.07) is 6.46. The predicted octanol–water partition coefficient (Wildman–Crippen LogP) is 2.97. The first-order valence-corrected chi connectivity index (χ1v) is 7.07. The summed E-state index contributed by atoms with van der Waals surface area (Å²) in [5.74, 6) is 0. The molecule has 0 unspecified atom stereocenters. The van der Waals surface area contributed by atoms with Gasteiger partial charge in [-0.05, 0) is 51.1 Å². The molecule has 0 aliphatic heterocycles. The van der Waals surface area contributed by atoms with E-state index in [0.29, 0.717) is 0 Å². The van der Waals surface area contributed by atoms with E-state index in [1.165, 1.54) is 16.7 Å². The van der Waals surface area contributed by atoms with Gasteiger partial charge in [0.1, 0.15) is 10.0 Å². The number of nitrogens with zero attached hydrogens (tertiary/aromatic N) is 2. The van der Waals surface area contributed by atoms with Crippen molar-refractivity contribution in [1.29, 1.82) is 0 Å². The first kappa shape index (κ1) is 13.2. The summed E-state index contributed by atoms with van der Waals surface area (Å²) in [4.78, 5) is 0. The smallest absolute Gasteiger partial charge is 0.147 e. The zero-order valence-electron chi connectivity index (χ0n) is 11.2. The van der Waals surface area contributed by atoms with Crippen LogP contribution in [0.3, 0.4) is 0 Å². The SMILES string of the molecule is CNCCCc1nnc(-c2ccc(C)c(C)c2)s1. The molecule has 1 aromatic carbocycles. The molecule has 4 heteroatoms. The maximum Gasteiger partial charge on any atom is 0.147 e. The van der Waals surface area contributed by atoms with Crippen molar-refractivity contribution in [1.82, 2.24) is 15.5 Å². The molecule has 0 radical (unpaired) electrons. The van der Waals surface area contributed by atoms with Crippen LogP contribution in [-0.4, -0.2) is 23.8 Å². The molecule has 2 rings (SSSR count). The molecule has 0 saturated carbocycles. The van der Waals surface area contributed by atoms with Crippen LogP contribution in [0.1, 0.15) is 22.6 Å². The van der Waals surface area contributed by atoms with Crippen LogP contribution in [0, 0.1) is 13.8 Å². The fourth-order valence-corrected chi connectivity index (χ4v) is 2.64. The molecule has 0 amide bonds. The number of aromatic nitrogens is 2. The van der Waals surface area contributed by atoms with Gasteiger partial charge in [-0.25, -0.2) is 0 Å². The summed E-state index contributed by atoms with van der Waals surface area (Å²) >= 11 is 1.70. The topological polar surface area (TPSA) is 37.8 Å². The Morgan fingerprint density at radius 3 is 2.72 bits per heavy atom. The third kappa shape index (κ3) is 3.15. The second-order valence-electron chi connectivity index (χ2n) is 4.51. The summed E-state index contributed by atoms with van der Waals surface area (Å²) in [7, 11) is 1.97. The maximum atomic E-state index is 4.28. The standard InChI is InChI=1S/C14H19N3S/c1-10-6-7-12(9-11(10)2)14-17-16-13(18-14)5-4-8-15-3/h6-7,9,15H,4-5,8H2,1-3H3. The fourth-order valence-electron chi connectivity index (χ4n) is 1.76. The average molecular weight is 261 g/mol. The molecular formula is C14H19N3S. The van der Waals surface area contributed by atoms with Crippen LogP contribution in [0.25, 0.3) is 10.6 Å². The molecule has 0 saturated heterocycles. The van der Waals surface area contributed by atoms with Gasteiger partial charge in [-0.15, -0.1) is 10.2 Å². The highest BCUT2D eigenvalue weighted by Gasteiger charge is 2.07. The molecule has 3 nitrogen and oxygen atoms in total. The Bertz CT molecular complexity index is 520. The minimum absolute atomic E-state index is 1.00. The van der Waals surface area contributed by atoms with Gasteiger partial charge >= 0.3 is 0 Å². The number of benzene rings is 1. The molecule has 1 aromatic heterocycles. The molecule has 0 fully saturated rings. The van der Waals surface area contributed by atoms with Crippen LogP contribution >= 0.6 is 11.3 Å². The molecule has 0 aliphatic carbocycles. The molecule has 0 aliphatic rings. The lowest BCUT2D eigenvalue weighted by Gasteiger charge is -2.01. The van der Waals surface area contributed by atoms with E-state index in [1.54, 1.807) is 11.3 Å². The van der Waals surface area contributed by atoms with Crippen molar-refractivity contribution in [3.05, 3.63) is 34.3 Å². The normalized spacial score (nSPS) is 10.8. The number of rotatable bonds is 5. The maximum absolute atomic E-state index is 4.28. The van der Waals surface area contributed by atoms with Crippen LogP contribution in [0.4, 0.5) is 0 Å². The Morgan fingerprint density at radius 2 is 2.00 bits per heavy atom. The summed E-state index contributed by atoms with van der Waals surface area (Å²) in [5.41, 5.74) is 3.80. The highest BCUT2D eigenvalue weighted by molar-refractivity contribution is 7.14. The highest BCUT2D eigenvalue weighted by Crippen LogP contribution is 2.25. The minimum Gasteiger partial charge on any atom is -0.320 e. The largest absolute Gasteiger partial charge is 0.320 e. The summed E-state index contributed by atoms with van der Waals surface area (Å²) in [5, 5.41) is 13.8. The lowest BCUT2D eigenvalue weighted by molar-refractivity contribution is 0.718. The monoisotopic (exact) mass is 261 g/mol. The van der Waals surface area contributed by atoms with Crippen LogP contribution in [-0.2, 0) is 6.42 Å². The van der Waals surface area contributed by atoms with Gasteiger partial charge in [-0.3, -0.25) is 0 Å². The van der Waals surface area contributed by atoms with Gasteiger partial charge in [0, 0.05) is 12.0 Å². The second kappa shape index (κ2) is 6.07. The van der Waals surface area contributed by atoms with E-state index in [9.17, 15) is 0 Å². The zero-order valence-corrected chi connectivity index (χ0v) is 12.0. The van der Waals surface area contributed by atoms with E-state index in [4.69, 9.17) is 0 Å². The lowest BCUT2D eigenvalue weighted by atomic mass is 10.1. The molecule has 2 aromatic rings. The van der Waals surface area contributed by atoms with E-state index in [1.807, 2.05) is 7.05 Å².